The summed E-state index contributed by atoms with van der Waals surface area (Å²) in [4.78, 5) is 58.5. The molecule has 1 fully saturated rings. The van der Waals surface area contributed by atoms with Crippen LogP contribution in [-0.4, -0.2) is 78.1 Å². The van der Waals surface area contributed by atoms with Crippen LogP contribution in [0.4, 0.5) is 10.5 Å². The zero-order valence-corrected chi connectivity index (χ0v) is 36.9. The molecule has 3 unspecified atom stereocenters. The fourth-order valence-corrected chi connectivity index (χ4v) is 7.90. The Morgan fingerprint density at radius 1 is 0.917 bits per heavy atom. The van der Waals surface area contributed by atoms with Crippen molar-refractivity contribution in [2.45, 2.75) is 149 Å². The fourth-order valence-electron chi connectivity index (χ4n) is 7.90. The molecule has 4 rings (SSSR count). The number of hydrogen-bond donors (Lipinski definition) is 4. The standard InChI is InChI=1S/C48H70N4O8/c1-8-9-23-40(51-45(55)35(7)52(47(57)59-31-36-18-11-10-12-19-36)41-24-17-21-37-20-13-14-22-38(37)41)44(54)39(27-32(2)3)42(53)29-48(49,46(56)50-30-33(4)5)28-34(6)60-43-25-15-16-26-58-43/h10-14,17-22,24,32-35,39-40,42-43,53H,8-9,15-16,23,25-31,49H2,1-7H3,(H,50,56)(H,51,55)/t34?,35-,39-,40-,42-,43?,48?/m0/s1. The van der Waals surface area contributed by atoms with Crippen LogP contribution < -0.4 is 21.3 Å². The van der Waals surface area contributed by atoms with Crippen molar-refractivity contribution < 1.29 is 38.5 Å². The Labute approximate surface area is 357 Å². The van der Waals surface area contributed by atoms with Crippen LogP contribution >= 0.6 is 0 Å². The highest BCUT2D eigenvalue weighted by Crippen LogP contribution is 2.31. The van der Waals surface area contributed by atoms with Crippen LogP contribution in [0.15, 0.2) is 72.8 Å². The summed E-state index contributed by atoms with van der Waals surface area (Å²) in [5, 5.41) is 19.6. The van der Waals surface area contributed by atoms with E-state index in [9.17, 15) is 24.3 Å². The second kappa shape index (κ2) is 23.6. The van der Waals surface area contributed by atoms with E-state index in [2.05, 4.69) is 10.6 Å². The fraction of sp³-hybridized carbons (Fsp3) is 0.583. The average molecular weight is 831 g/mol. The molecule has 3 aromatic carbocycles. The highest BCUT2D eigenvalue weighted by molar-refractivity contribution is 6.06. The molecule has 0 radical (unpaired) electrons. The van der Waals surface area contributed by atoms with Gasteiger partial charge in [-0.25, -0.2) is 4.79 Å². The Morgan fingerprint density at radius 3 is 2.28 bits per heavy atom. The van der Waals surface area contributed by atoms with E-state index >= 15 is 0 Å². The second-order valence-corrected chi connectivity index (χ2v) is 17.4. The summed E-state index contributed by atoms with van der Waals surface area (Å²) in [7, 11) is 0. The Balaban J connectivity index is 1.61. The summed E-state index contributed by atoms with van der Waals surface area (Å²) in [6.45, 7) is 14.3. The molecule has 12 nitrogen and oxygen atoms in total. The lowest BCUT2D eigenvalue weighted by atomic mass is 9.77. The van der Waals surface area contributed by atoms with E-state index in [1.165, 1.54) is 4.90 Å². The minimum atomic E-state index is -1.58. The van der Waals surface area contributed by atoms with Gasteiger partial charge in [0.25, 0.3) is 0 Å². The van der Waals surface area contributed by atoms with Gasteiger partial charge in [0.05, 0.1) is 23.9 Å². The van der Waals surface area contributed by atoms with Crippen LogP contribution in [0, 0.1) is 17.8 Å². The first kappa shape index (κ1) is 48.3. The van der Waals surface area contributed by atoms with E-state index in [0.717, 1.165) is 42.0 Å². The maximum atomic E-state index is 14.8. The van der Waals surface area contributed by atoms with Crippen LogP contribution in [0.2, 0.25) is 0 Å². The van der Waals surface area contributed by atoms with Crippen molar-refractivity contribution >= 4 is 40.2 Å². The number of anilines is 1. The summed E-state index contributed by atoms with van der Waals surface area (Å²) >= 11 is 0. The number of carbonyl (C=O) groups excluding carboxylic acids is 4. The number of nitrogens with one attached hydrogen (secondary N) is 2. The van der Waals surface area contributed by atoms with Gasteiger partial charge in [-0.1, -0.05) is 114 Å². The number of unbranched alkanes of at least 4 members (excludes halogenated alkanes) is 1. The van der Waals surface area contributed by atoms with Crippen molar-refractivity contribution in [3.63, 3.8) is 0 Å². The lowest BCUT2D eigenvalue weighted by Gasteiger charge is -2.37. The summed E-state index contributed by atoms with van der Waals surface area (Å²) in [6.07, 6.45) is 1.66. The summed E-state index contributed by atoms with van der Waals surface area (Å²) < 4.78 is 17.8. The Hall–Kier alpha value is -4.36. The third-order valence-corrected chi connectivity index (χ3v) is 11.1. The Bertz CT molecular complexity index is 1810. The quantitative estimate of drug-likeness (QED) is 0.0745. The first-order valence-corrected chi connectivity index (χ1v) is 22.0. The normalized spacial score (nSPS) is 17.9. The zero-order valence-electron chi connectivity index (χ0n) is 36.9. The molecule has 1 aliphatic rings. The van der Waals surface area contributed by atoms with Gasteiger partial charge in [0, 0.05) is 37.3 Å². The lowest BCUT2D eigenvalue weighted by molar-refractivity contribution is -0.189. The Kier molecular flexibility index (Phi) is 19.0. The van der Waals surface area contributed by atoms with Gasteiger partial charge in [0.2, 0.25) is 11.8 Å². The molecule has 0 spiro atoms. The number of ketones is 1. The molecule has 1 heterocycles. The number of nitrogens with two attached hydrogens (primary N) is 1. The zero-order chi connectivity index (χ0) is 43.8. The molecule has 60 heavy (non-hydrogen) atoms. The second-order valence-electron chi connectivity index (χ2n) is 17.4. The number of carbonyl (C=O) groups is 4. The first-order chi connectivity index (χ1) is 28.6. The number of rotatable bonds is 23. The number of benzene rings is 3. The van der Waals surface area contributed by atoms with Gasteiger partial charge < -0.3 is 35.7 Å². The summed E-state index contributed by atoms with van der Waals surface area (Å²) in [6, 6.07) is 20.3. The highest BCUT2D eigenvalue weighted by Gasteiger charge is 2.43. The van der Waals surface area contributed by atoms with E-state index in [1.807, 2.05) is 108 Å². The molecule has 7 atom stereocenters. The molecule has 12 heteroatoms. The molecule has 0 saturated carbocycles. The molecule has 1 aliphatic heterocycles. The lowest BCUT2D eigenvalue weighted by Crippen LogP contribution is -2.59. The van der Waals surface area contributed by atoms with E-state index in [0.29, 0.717) is 38.1 Å². The smallest absolute Gasteiger partial charge is 0.415 e. The molecule has 0 aromatic heterocycles. The van der Waals surface area contributed by atoms with Gasteiger partial charge in [-0.05, 0) is 74.8 Å². The van der Waals surface area contributed by atoms with Crippen molar-refractivity contribution in [3.8, 4) is 0 Å². The molecule has 3 amide bonds. The molecule has 5 N–H and O–H groups in total. The van der Waals surface area contributed by atoms with E-state index in [-0.39, 0.29) is 37.1 Å². The van der Waals surface area contributed by atoms with E-state index < -0.39 is 59.9 Å². The van der Waals surface area contributed by atoms with Gasteiger partial charge in [-0.15, -0.1) is 0 Å². The molecule has 1 saturated heterocycles. The molecular formula is C48H70N4O8. The Morgan fingerprint density at radius 2 is 1.62 bits per heavy atom. The van der Waals surface area contributed by atoms with Gasteiger partial charge >= 0.3 is 6.09 Å². The van der Waals surface area contributed by atoms with Crippen molar-refractivity contribution in [2.24, 2.45) is 23.5 Å². The highest BCUT2D eigenvalue weighted by atomic mass is 16.7. The number of amides is 3. The van der Waals surface area contributed by atoms with Gasteiger partial charge in [-0.2, -0.15) is 0 Å². The van der Waals surface area contributed by atoms with Crippen molar-refractivity contribution in [1.82, 2.24) is 10.6 Å². The topological polar surface area (TPSA) is 170 Å². The van der Waals surface area contributed by atoms with Crippen LogP contribution in [0.1, 0.15) is 112 Å². The number of Topliss-reactive ketones (excluding diaryl/α,β-unsaturated/α-hetero) is 1. The summed E-state index contributed by atoms with van der Waals surface area (Å²) in [5.41, 5.74) is 6.68. The maximum Gasteiger partial charge on any atom is 0.415 e. The van der Waals surface area contributed by atoms with E-state index in [4.69, 9.17) is 19.9 Å². The molecular weight excluding hydrogens is 761 g/mol. The number of aliphatic hydroxyl groups excluding tert-OH is 1. The van der Waals surface area contributed by atoms with Crippen LogP contribution in [0.25, 0.3) is 10.8 Å². The largest absolute Gasteiger partial charge is 0.444 e. The third kappa shape index (κ3) is 14.1. The number of hydrogen-bond acceptors (Lipinski definition) is 9. The minimum absolute atomic E-state index is 0.000943. The number of aliphatic hydroxyl groups is 1. The van der Waals surface area contributed by atoms with Crippen LogP contribution in [-0.2, 0) is 35.2 Å². The van der Waals surface area contributed by atoms with Gasteiger partial charge in [-0.3, -0.25) is 19.3 Å². The number of nitrogens with zero attached hydrogens (tertiary/aromatic N) is 1. The first-order valence-electron chi connectivity index (χ1n) is 22.0. The minimum Gasteiger partial charge on any atom is -0.444 e. The molecule has 3 aromatic rings. The summed E-state index contributed by atoms with van der Waals surface area (Å²) in [5.74, 6) is -2.13. The molecule has 0 aliphatic carbocycles. The molecule has 0 bridgehead atoms. The van der Waals surface area contributed by atoms with Crippen molar-refractivity contribution in [1.29, 1.82) is 0 Å². The van der Waals surface area contributed by atoms with E-state index in [1.54, 1.807) is 13.0 Å². The van der Waals surface area contributed by atoms with Crippen LogP contribution in [0.5, 0.6) is 0 Å². The van der Waals surface area contributed by atoms with Crippen LogP contribution in [0.3, 0.4) is 0 Å². The van der Waals surface area contributed by atoms with Gasteiger partial charge in [0.15, 0.2) is 12.1 Å². The monoisotopic (exact) mass is 831 g/mol. The number of ether oxygens (including phenoxy) is 3. The predicted octanol–water partition coefficient (Wildman–Crippen LogP) is 7.82. The average Bonchev–Trinajstić information content (AvgIpc) is 3.22. The molecule has 330 valence electrons. The van der Waals surface area contributed by atoms with Gasteiger partial charge in [0.1, 0.15) is 18.2 Å². The van der Waals surface area contributed by atoms with Crippen molar-refractivity contribution in [2.75, 3.05) is 18.1 Å². The SMILES string of the molecule is CCCC[C@H](NC(=O)[C@H](C)N(C(=O)OCc1ccccc1)c1cccc2ccccc12)C(=O)[C@@H](CC(C)C)[C@@H](O)CC(N)(CC(C)OC1CCCCO1)C(=O)NCC(C)C. The maximum absolute atomic E-state index is 14.8. The number of fused-ring (bicyclic) bond motifs is 1. The predicted molar refractivity (Wildman–Crippen MR) is 236 cm³/mol. The third-order valence-electron chi connectivity index (χ3n) is 11.1. The van der Waals surface area contributed by atoms with Crippen molar-refractivity contribution in [3.05, 3.63) is 78.4 Å².